The van der Waals surface area contributed by atoms with Crippen LogP contribution in [0.15, 0.2) is 29.4 Å². The summed E-state index contributed by atoms with van der Waals surface area (Å²) in [4.78, 5) is 11.4. The Labute approximate surface area is 117 Å². The van der Waals surface area contributed by atoms with Crippen molar-refractivity contribution in [2.75, 3.05) is 6.54 Å². The largest absolute Gasteiger partial charge is 0.409 e. The third-order valence-corrected chi connectivity index (χ3v) is 2.56. The van der Waals surface area contributed by atoms with Gasteiger partial charge in [0.25, 0.3) is 0 Å². The van der Waals surface area contributed by atoms with Crippen LogP contribution in [0.4, 0.5) is 17.6 Å². The Balaban J connectivity index is 2.56. The number of alkyl halides is 4. The summed E-state index contributed by atoms with van der Waals surface area (Å²) in [6, 6.07) is 5.87. The number of benzene rings is 1. The first-order chi connectivity index (χ1) is 9.76. The molecule has 0 saturated carbocycles. The first kappa shape index (κ1) is 16.7. The van der Waals surface area contributed by atoms with Crippen LogP contribution in [0.25, 0.3) is 0 Å². The van der Waals surface area contributed by atoms with Crippen molar-refractivity contribution in [1.29, 1.82) is 0 Å². The second-order valence-electron chi connectivity index (χ2n) is 4.20. The van der Waals surface area contributed by atoms with Gasteiger partial charge in [0.2, 0.25) is 5.91 Å². The Hall–Kier alpha value is -2.32. The standard InChI is InChI=1S/C12H13F4N3O2/c13-11(14)12(15,16)6-18-9(20)5-7-1-3-8(4-2-7)10(17)19-21/h1-4,11,21H,5-6H2,(H2,17,19)(H,18,20). The van der Waals surface area contributed by atoms with Crippen LogP contribution in [0.1, 0.15) is 11.1 Å². The zero-order chi connectivity index (χ0) is 16.0. The van der Waals surface area contributed by atoms with E-state index in [1.807, 2.05) is 0 Å². The first-order valence-electron chi connectivity index (χ1n) is 5.76. The summed E-state index contributed by atoms with van der Waals surface area (Å²) in [5, 5.41) is 13.0. The number of nitrogens with two attached hydrogens (primary N) is 1. The predicted molar refractivity (Wildman–Crippen MR) is 66.6 cm³/mol. The van der Waals surface area contributed by atoms with E-state index in [9.17, 15) is 22.4 Å². The fourth-order valence-electron chi connectivity index (χ4n) is 1.39. The topological polar surface area (TPSA) is 87.7 Å². The zero-order valence-corrected chi connectivity index (χ0v) is 10.7. The van der Waals surface area contributed by atoms with E-state index in [1.54, 1.807) is 5.32 Å². The van der Waals surface area contributed by atoms with Crippen LogP contribution in [0.5, 0.6) is 0 Å². The molecule has 0 spiro atoms. The number of amides is 1. The van der Waals surface area contributed by atoms with E-state index in [-0.39, 0.29) is 12.3 Å². The highest BCUT2D eigenvalue weighted by atomic mass is 19.3. The molecule has 5 nitrogen and oxygen atoms in total. The van der Waals surface area contributed by atoms with Crippen molar-refractivity contribution < 1.29 is 27.6 Å². The minimum atomic E-state index is -4.26. The maximum Gasteiger partial charge on any atom is 0.324 e. The van der Waals surface area contributed by atoms with Gasteiger partial charge in [0.15, 0.2) is 5.84 Å². The van der Waals surface area contributed by atoms with Crippen molar-refractivity contribution in [2.45, 2.75) is 18.8 Å². The van der Waals surface area contributed by atoms with Gasteiger partial charge in [-0.15, -0.1) is 0 Å². The molecule has 1 rings (SSSR count). The van der Waals surface area contributed by atoms with Gasteiger partial charge >= 0.3 is 12.3 Å². The quantitative estimate of drug-likeness (QED) is 0.244. The Morgan fingerprint density at radius 3 is 2.38 bits per heavy atom. The molecular formula is C12H13F4N3O2. The molecule has 1 aromatic carbocycles. The molecule has 4 N–H and O–H groups in total. The maximum absolute atomic E-state index is 12.6. The highest BCUT2D eigenvalue weighted by Crippen LogP contribution is 2.21. The highest BCUT2D eigenvalue weighted by molar-refractivity contribution is 5.97. The summed E-state index contributed by atoms with van der Waals surface area (Å²) in [6.07, 6.45) is -4.09. The minimum Gasteiger partial charge on any atom is -0.409 e. The molecule has 9 heteroatoms. The number of amidine groups is 1. The van der Waals surface area contributed by atoms with E-state index < -0.39 is 24.8 Å². The molecule has 1 aromatic rings. The van der Waals surface area contributed by atoms with Gasteiger partial charge < -0.3 is 16.3 Å². The summed E-state index contributed by atoms with van der Waals surface area (Å²) >= 11 is 0. The minimum absolute atomic E-state index is 0.123. The van der Waals surface area contributed by atoms with Crippen molar-refractivity contribution in [3.8, 4) is 0 Å². The summed E-state index contributed by atoms with van der Waals surface area (Å²) in [5.74, 6) is -5.19. The molecule has 0 fully saturated rings. The van der Waals surface area contributed by atoms with Crippen LogP contribution in [-0.2, 0) is 11.2 Å². The summed E-state index contributed by atoms with van der Waals surface area (Å²) in [7, 11) is 0. The SMILES string of the molecule is N/C(=N/O)c1ccc(CC(=O)NCC(F)(F)C(F)F)cc1. The molecule has 0 atom stereocenters. The van der Waals surface area contributed by atoms with Crippen molar-refractivity contribution in [1.82, 2.24) is 5.32 Å². The van der Waals surface area contributed by atoms with E-state index in [0.29, 0.717) is 11.1 Å². The molecule has 0 aliphatic heterocycles. The molecule has 0 unspecified atom stereocenters. The zero-order valence-electron chi connectivity index (χ0n) is 10.7. The number of rotatable bonds is 6. The Kier molecular flexibility index (Phi) is 5.51. The van der Waals surface area contributed by atoms with Gasteiger partial charge in [-0.3, -0.25) is 4.79 Å². The van der Waals surface area contributed by atoms with Crippen LogP contribution >= 0.6 is 0 Å². The number of hydrogen-bond donors (Lipinski definition) is 3. The summed E-state index contributed by atoms with van der Waals surface area (Å²) in [5.41, 5.74) is 6.20. The van der Waals surface area contributed by atoms with Crippen LogP contribution in [-0.4, -0.2) is 35.8 Å². The van der Waals surface area contributed by atoms with E-state index in [2.05, 4.69) is 5.16 Å². The number of carbonyl (C=O) groups excluding carboxylic acids is 1. The number of nitrogens with zero attached hydrogens (tertiary/aromatic N) is 1. The monoisotopic (exact) mass is 307 g/mol. The number of hydrogen-bond acceptors (Lipinski definition) is 3. The van der Waals surface area contributed by atoms with Gasteiger partial charge in [-0.05, 0) is 5.56 Å². The average molecular weight is 307 g/mol. The van der Waals surface area contributed by atoms with E-state index in [0.717, 1.165) is 0 Å². The van der Waals surface area contributed by atoms with Crippen molar-refractivity contribution >= 4 is 11.7 Å². The van der Waals surface area contributed by atoms with Gasteiger partial charge in [0.05, 0.1) is 13.0 Å². The maximum atomic E-state index is 12.6. The molecule has 1 amide bonds. The molecule has 0 heterocycles. The molecular weight excluding hydrogens is 294 g/mol. The number of carbonyl (C=O) groups is 1. The van der Waals surface area contributed by atoms with Crippen molar-refractivity contribution in [2.24, 2.45) is 10.9 Å². The van der Waals surface area contributed by atoms with Gasteiger partial charge in [-0.2, -0.15) is 8.78 Å². The molecule has 116 valence electrons. The normalized spacial score (nSPS) is 12.5. The Bertz CT molecular complexity index is 518. The van der Waals surface area contributed by atoms with E-state index >= 15 is 0 Å². The summed E-state index contributed by atoms with van der Waals surface area (Å²) < 4.78 is 49.0. The van der Waals surface area contributed by atoms with E-state index in [1.165, 1.54) is 24.3 Å². The average Bonchev–Trinajstić information content (AvgIpc) is 2.45. The molecule has 0 bridgehead atoms. The number of oxime groups is 1. The predicted octanol–water partition coefficient (Wildman–Crippen LogP) is 1.34. The second kappa shape index (κ2) is 6.91. The van der Waals surface area contributed by atoms with Gasteiger partial charge in [-0.1, -0.05) is 29.4 Å². The third kappa shape index (κ3) is 4.93. The lowest BCUT2D eigenvalue weighted by atomic mass is 10.1. The first-order valence-corrected chi connectivity index (χ1v) is 5.76. The fourth-order valence-corrected chi connectivity index (χ4v) is 1.39. The number of halogens is 4. The lowest BCUT2D eigenvalue weighted by Crippen LogP contribution is -2.41. The molecule has 0 aromatic heterocycles. The third-order valence-electron chi connectivity index (χ3n) is 2.56. The van der Waals surface area contributed by atoms with Gasteiger partial charge in [-0.25, -0.2) is 8.78 Å². The van der Waals surface area contributed by atoms with Crippen molar-refractivity contribution in [3.63, 3.8) is 0 Å². The molecule has 0 saturated heterocycles. The van der Waals surface area contributed by atoms with Gasteiger partial charge in [0, 0.05) is 5.56 Å². The van der Waals surface area contributed by atoms with Crippen LogP contribution in [0.3, 0.4) is 0 Å². The smallest absolute Gasteiger partial charge is 0.324 e. The lowest BCUT2D eigenvalue weighted by molar-refractivity contribution is -0.136. The molecule has 21 heavy (non-hydrogen) atoms. The van der Waals surface area contributed by atoms with Gasteiger partial charge in [0.1, 0.15) is 0 Å². The van der Waals surface area contributed by atoms with E-state index in [4.69, 9.17) is 10.9 Å². The molecule has 0 aliphatic rings. The van der Waals surface area contributed by atoms with Crippen LogP contribution in [0, 0.1) is 0 Å². The fraction of sp³-hybridized carbons (Fsp3) is 0.333. The second-order valence-corrected chi connectivity index (χ2v) is 4.20. The number of nitrogens with one attached hydrogen (secondary N) is 1. The van der Waals surface area contributed by atoms with Crippen LogP contribution in [0.2, 0.25) is 0 Å². The lowest BCUT2D eigenvalue weighted by Gasteiger charge is -2.15. The highest BCUT2D eigenvalue weighted by Gasteiger charge is 2.40. The van der Waals surface area contributed by atoms with Crippen LogP contribution < -0.4 is 11.1 Å². The molecule has 0 radical (unpaired) electrons. The Morgan fingerprint density at radius 2 is 1.90 bits per heavy atom. The molecule has 0 aliphatic carbocycles. The van der Waals surface area contributed by atoms with Crippen molar-refractivity contribution in [3.05, 3.63) is 35.4 Å². The summed E-state index contributed by atoms with van der Waals surface area (Å²) in [6.45, 7) is -1.42. The Morgan fingerprint density at radius 1 is 1.33 bits per heavy atom.